The summed E-state index contributed by atoms with van der Waals surface area (Å²) < 4.78 is 11.6. The minimum atomic E-state index is -2.05. The van der Waals surface area contributed by atoms with Gasteiger partial charge in [-0.3, -0.25) is 4.79 Å². The molecule has 1 aromatic rings. The first-order valence-corrected chi connectivity index (χ1v) is 14.1. The number of anilines is 1. The van der Waals surface area contributed by atoms with Crippen molar-refractivity contribution in [3.63, 3.8) is 0 Å². The van der Waals surface area contributed by atoms with E-state index in [1.54, 1.807) is 67.8 Å². The number of halogens is 3. The first-order chi connectivity index (χ1) is 18.2. The molecule has 1 amide bonds. The van der Waals surface area contributed by atoms with Gasteiger partial charge in [0.15, 0.2) is 36.3 Å². The van der Waals surface area contributed by atoms with Crippen molar-refractivity contribution in [2.45, 2.75) is 61.9 Å². The highest BCUT2D eigenvalue weighted by Crippen LogP contribution is 2.45. The fraction of sp³-hybridized carbons (Fsp3) is 0.571. The third kappa shape index (κ3) is 9.22. The number of ether oxygens (including phenoxy) is 2. The van der Waals surface area contributed by atoms with Crippen LogP contribution in [-0.4, -0.2) is 133 Å². The summed E-state index contributed by atoms with van der Waals surface area (Å²) in [5.41, 5.74) is -0.0714. The molecule has 222 valence electrons. The van der Waals surface area contributed by atoms with Gasteiger partial charge in [-0.05, 0) is 74.7 Å². The molecule has 9 atom stereocenters. The van der Waals surface area contributed by atoms with Gasteiger partial charge in [0.1, 0.15) is 42.7 Å². The van der Waals surface area contributed by atoms with E-state index in [4.69, 9.17) is 9.47 Å². The molecule has 18 heteroatoms. The molecule has 15 nitrogen and oxygen atoms in total. The van der Waals surface area contributed by atoms with Crippen molar-refractivity contribution in [3.05, 3.63) is 10.7 Å². The Morgan fingerprint density at radius 3 is 1.41 bits per heavy atom. The van der Waals surface area contributed by atoms with Gasteiger partial charge in [0, 0.05) is 0 Å². The van der Waals surface area contributed by atoms with Crippen LogP contribution < -0.4 is 14.8 Å². The average molecular weight is 899 g/mol. The van der Waals surface area contributed by atoms with Crippen molar-refractivity contribution in [1.29, 1.82) is 0 Å². The molecular weight excluding hydrogens is 871 g/mol. The fourth-order valence-electron chi connectivity index (χ4n) is 2.94. The fourth-order valence-corrected chi connectivity index (χ4v) is 6.89. The lowest BCUT2D eigenvalue weighted by molar-refractivity contribution is -0.133. The molecule has 0 bridgehead atoms. The zero-order valence-electron chi connectivity index (χ0n) is 20.0. The Hall–Kier alpha value is -0.540. The van der Waals surface area contributed by atoms with Crippen LogP contribution >= 0.6 is 67.8 Å². The van der Waals surface area contributed by atoms with E-state index < -0.39 is 74.1 Å². The molecule has 1 unspecified atom stereocenters. The summed E-state index contributed by atoms with van der Waals surface area (Å²) in [5.74, 6) is -1.41. The van der Waals surface area contributed by atoms with Crippen molar-refractivity contribution in [1.82, 2.24) is 0 Å². The smallest absolute Gasteiger partial charge is 0.252 e. The molecular formula is C21H28I3NO14. The van der Waals surface area contributed by atoms with Gasteiger partial charge in [0.05, 0.1) is 29.6 Å². The Balaban J connectivity index is 3.88. The third-order valence-corrected chi connectivity index (χ3v) is 8.19. The summed E-state index contributed by atoms with van der Waals surface area (Å²) in [7, 11) is 0. The first kappa shape index (κ1) is 36.5. The van der Waals surface area contributed by atoms with Crippen LogP contribution in [0.1, 0.15) is 6.92 Å². The molecule has 0 aliphatic heterocycles. The number of rotatable bonds is 16. The highest BCUT2D eigenvalue weighted by Gasteiger charge is 2.38. The van der Waals surface area contributed by atoms with Crippen molar-refractivity contribution in [2.75, 3.05) is 18.5 Å². The standard InChI is InChI=1S/C21H28I3NO14/c1-6(30)21(37)25-14-11(22)19(38-17(9(33)4-28)15(35)7(31)2-26)13(24)20(12(14)23)39-18(10(34)5-29)16(36)8(32)3-27/h2-3,6-10,15-18,28-36H,4-5H2,1H3,(H,25,37)/t6?,7-,8-,9+,10+,15+,16+,17+,18+/m0/s1. The lowest BCUT2D eigenvalue weighted by Gasteiger charge is -2.32. The van der Waals surface area contributed by atoms with Crippen molar-refractivity contribution in [3.8, 4) is 11.5 Å². The molecule has 0 saturated carbocycles. The number of amides is 1. The normalized spacial score (nSPS) is 18.5. The van der Waals surface area contributed by atoms with Crippen LogP contribution in [-0.2, 0) is 14.4 Å². The molecule has 0 fully saturated rings. The number of hydrogen-bond acceptors (Lipinski definition) is 14. The van der Waals surface area contributed by atoms with E-state index in [2.05, 4.69) is 5.32 Å². The van der Waals surface area contributed by atoms with Crippen LogP contribution in [0.25, 0.3) is 0 Å². The number of carbonyl (C=O) groups excluding carboxylic acids is 3. The average Bonchev–Trinajstić information content (AvgIpc) is 2.92. The molecule has 1 rings (SSSR count). The molecule has 0 aliphatic rings. The Kier molecular flexibility index (Phi) is 15.7. The van der Waals surface area contributed by atoms with Gasteiger partial charge in [-0.2, -0.15) is 0 Å². The highest BCUT2D eigenvalue weighted by atomic mass is 127. The Morgan fingerprint density at radius 1 is 0.769 bits per heavy atom. The van der Waals surface area contributed by atoms with Crippen LogP contribution in [0.15, 0.2) is 0 Å². The van der Waals surface area contributed by atoms with Crippen LogP contribution in [0, 0.1) is 10.7 Å². The molecule has 0 heterocycles. The Bertz CT molecular complexity index is 936. The van der Waals surface area contributed by atoms with Gasteiger partial charge in [0.25, 0.3) is 5.91 Å². The van der Waals surface area contributed by atoms with E-state index in [9.17, 15) is 60.3 Å². The predicted molar refractivity (Wildman–Crippen MR) is 156 cm³/mol. The molecule has 0 saturated heterocycles. The van der Waals surface area contributed by atoms with Crippen LogP contribution in [0.3, 0.4) is 0 Å². The number of benzene rings is 1. The SMILES string of the molecule is CC(O)C(=O)Nc1c(I)c(O[C@@H]([C@H](O)[C@@H](O)C=O)[C@H](O)CO)c(I)c(O[C@@H]([C@H](O)[C@@H](O)C=O)[C@H](O)CO)c1I. The Labute approximate surface area is 262 Å². The summed E-state index contributed by atoms with van der Waals surface area (Å²) in [6, 6.07) is 0. The minimum Gasteiger partial charge on any atom is -0.482 e. The molecule has 0 radical (unpaired) electrons. The number of nitrogens with one attached hydrogen (secondary N) is 1. The van der Waals surface area contributed by atoms with E-state index in [1.807, 2.05) is 0 Å². The Morgan fingerprint density at radius 2 is 1.13 bits per heavy atom. The second-order valence-corrected chi connectivity index (χ2v) is 11.3. The monoisotopic (exact) mass is 899 g/mol. The summed E-state index contributed by atoms with van der Waals surface area (Å²) in [5, 5.41) is 91.8. The van der Waals surface area contributed by atoms with Gasteiger partial charge < -0.3 is 70.3 Å². The zero-order chi connectivity index (χ0) is 30.2. The van der Waals surface area contributed by atoms with Gasteiger partial charge in [-0.1, -0.05) is 0 Å². The third-order valence-electron chi connectivity index (χ3n) is 5.16. The zero-order valence-corrected chi connectivity index (χ0v) is 26.4. The van der Waals surface area contributed by atoms with Crippen LogP contribution in [0.4, 0.5) is 5.69 Å². The lowest BCUT2D eigenvalue weighted by Crippen LogP contribution is -2.50. The van der Waals surface area contributed by atoms with E-state index >= 15 is 0 Å². The largest absolute Gasteiger partial charge is 0.482 e. The number of aliphatic hydroxyl groups excluding tert-OH is 9. The molecule has 1 aromatic carbocycles. The number of carbonyl (C=O) groups is 3. The second-order valence-electron chi connectivity index (χ2n) is 8.04. The van der Waals surface area contributed by atoms with Gasteiger partial charge in [-0.25, -0.2) is 0 Å². The number of aliphatic hydroxyl groups is 9. The minimum absolute atomic E-state index is 0.0117. The van der Waals surface area contributed by atoms with Crippen molar-refractivity contribution in [2.24, 2.45) is 0 Å². The van der Waals surface area contributed by atoms with E-state index in [0.29, 0.717) is 0 Å². The molecule has 10 N–H and O–H groups in total. The van der Waals surface area contributed by atoms with Crippen molar-refractivity contribution >= 4 is 91.9 Å². The molecule has 0 spiro atoms. The van der Waals surface area contributed by atoms with E-state index in [1.165, 1.54) is 6.92 Å². The second kappa shape index (κ2) is 16.8. The maximum absolute atomic E-state index is 12.3. The summed E-state index contributed by atoms with van der Waals surface area (Å²) in [6.07, 6.45) is -17.1. The first-order valence-electron chi connectivity index (χ1n) is 10.9. The summed E-state index contributed by atoms with van der Waals surface area (Å²) >= 11 is 5.06. The number of aldehydes is 2. The lowest BCUT2D eigenvalue weighted by atomic mass is 10.0. The maximum atomic E-state index is 12.3. The number of hydrogen-bond donors (Lipinski definition) is 10. The van der Waals surface area contributed by atoms with E-state index in [0.717, 1.165) is 0 Å². The maximum Gasteiger partial charge on any atom is 0.252 e. The topological polar surface area (TPSA) is 264 Å². The van der Waals surface area contributed by atoms with Gasteiger partial charge in [0.2, 0.25) is 0 Å². The van der Waals surface area contributed by atoms with E-state index in [-0.39, 0.29) is 40.5 Å². The van der Waals surface area contributed by atoms with Crippen LogP contribution in [0.5, 0.6) is 11.5 Å². The highest BCUT2D eigenvalue weighted by molar-refractivity contribution is 14.1. The van der Waals surface area contributed by atoms with Crippen LogP contribution in [0.2, 0.25) is 0 Å². The summed E-state index contributed by atoms with van der Waals surface area (Å²) in [6.45, 7) is -0.771. The predicted octanol–water partition coefficient (Wildman–Crippen LogP) is -3.14. The van der Waals surface area contributed by atoms with Gasteiger partial charge >= 0.3 is 0 Å². The molecule has 0 aromatic heterocycles. The molecule has 0 aliphatic carbocycles. The van der Waals surface area contributed by atoms with Crippen molar-refractivity contribution < 1.29 is 69.8 Å². The quantitative estimate of drug-likeness (QED) is 0.0582. The molecule has 39 heavy (non-hydrogen) atoms. The summed E-state index contributed by atoms with van der Waals surface area (Å²) in [4.78, 5) is 34.4. The van der Waals surface area contributed by atoms with Gasteiger partial charge in [-0.15, -0.1) is 0 Å².